The Hall–Kier alpha value is -0.500. The zero-order chi connectivity index (χ0) is 23.2. The molecule has 2 atom stereocenters. The van der Waals surface area contributed by atoms with Gasteiger partial charge in [-0.2, -0.15) is 0 Å². The number of hydrogen-bond donors (Lipinski definition) is 2. The second kappa shape index (κ2) is 21.4. The molecule has 0 spiro atoms. The van der Waals surface area contributed by atoms with Gasteiger partial charge in [-0.05, 0) is 12.8 Å². The van der Waals surface area contributed by atoms with E-state index >= 15 is 0 Å². The van der Waals surface area contributed by atoms with Crippen molar-refractivity contribution in [3.8, 4) is 0 Å². The van der Waals surface area contributed by atoms with Gasteiger partial charge in [-0.25, -0.2) is 4.57 Å². The molecule has 0 rings (SSSR count). The zero-order valence-electron chi connectivity index (χ0n) is 19.7. The Morgan fingerprint density at radius 2 is 1.42 bits per heavy atom. The molecule has 0 saturated heterocycles. The molecule has 0 aromatic carbocycles. The minimum absolute atomic E-state index is 0.0925. The Morgan fingerprint density at radius 3 is 2.03 bits per heavy atom. The molecule has 0 aliphatic carbocycles. The number of esters is 1. The van der Waals surface area contributed by atoms with Crippen molar-refractivity contribution in [3.05, 3.63) is 0 Å². The molecule has 0 aromatic heterocycles. The van der Waals surface area contributed by atoms with Crippen molar-refractivity contribution in [1.29, 1.82) is 0 Å². The second-order valence-electron chi connectivity index (χ2n) is 7.86. The van der Waals surface area contributed by atoms with Crippen molar-refractivity contribution >= 4 is 13.8 Å². The molecule has 31 heavy (non-hydrogen) atoms. The number of carbonyl (C=O) groups is 1. The van der Waals surface area contributed by atoms with E-state index in [1.54, 1.807) is 0 Å². The van der Waals surface area contributed by atoms with Crippen molar-refractivity contribution in [1.82, 2.24) is 0 Å². The Kier molecular flexibility index (Phi) is 21.0. The maximum absolute atomic E-state index is 12.1. The van der Waals surface area contributed by atoms with E-state index in [0.29, 0.717) is 13.0 Å². The largest absolute Gasteiger partial charge is 0.472 e. The van der Waals surface area contributed by atoms with Gasteiger partial charge in [0.1, 0.15) is 6.10 Å². The number of phosphoric ester groups is 1. The van der Waals surface area contributed by atoms with Crippen LogP contribution in [0.25, 0.3) is 0 Å². The highest BCUT2D eigenvalue weighted by Crippen LogP contribution is 2.43. The summed E-state index contributed by atoms with van der Waals surface area (Å²) in [6, 6.07) is 0. The van der Waals surface area contributed by atoms with Crippen LogP contribution in [0.15, 0.2) is 0 Å². The van der Waals surface area contributed by atoms with Crippen LogP contribution in [0.5, 0.6) is 0 Å². The first kappa shape index (κ1) is 30.5. The van der Waals surface area contributed by atoms with E-state index in [0.717, 1.165) is 44.9 Å². The molecule has 0 aromatic rings. The molecule has 2 unspecified atom stereocenters. The summed E-state index contributed by atoms with van der Waals surface area (Å²) in [6.07, 6.45) is 13.0. The number of nitrogens with two attached hydrogens (primary N) is 1. The van der Waals surface area contributed by atoms with Crippen LogP contribution in [0.3, 0.4) is 0 Å². The van der Waals surface area contributed by atoms with Crippen LogP contribution in [0.2, 0.25) is 0 Å². The Labute approximate surface area is 189 Å². The molecule has 3 N–H and O–H groups in total. The van der Waals surface area contributed by atoms with Crippen molar-refractivity contribution in [2.45, 2.75) is 103 Å². The van der Waals surface area contributed by atoms with Crippen LogP contribution in [0.1, 0.15) is 97.3 Å². The van der Waals surface area contributed by atoms with Gasteiger partial charge in [0, 0.05) is 19.6 Å². The molecule has 9 heteroatoms. The van der Waals surface area contributed by atoms with Crippen molar-refractivity contribution in [3.63, 3.8) is 0 Å². The number of carbonyl (C=O) groups excluding carboxylic acids is 1. The van der Waals surface area contributed by atoms with E-state index in [1.807, 2.05) is 0 Å². The summed E-state index contributed by atoms with van der Waals surface area (Å²) >= 11 is 0. The van der Waals surface area contributed by atoms with Crippen LogP contribution < -0.4 is 5.73 Å². The minimum Gasteiger partial charge on any atom is -0.457 e. The summed E-state index contributed by atoms with van der Waals surface area (Å²) in [5, 5.41) is 0. The van der Waals surface area contributed by atoms with E-state index in [9.17, 15) is 14.3 Å². The molecule has 0 fully saturated rings. The Morgan fingerprint density at radius 1 is 0.839 bits per heavy atom. The third-order valence-corrected chi connectivity index (χ3v) is 5.76. The van der Waals surface area contributed by atoms with Crippen molar-refractivity contribution < 1.29 is 32.8 Å². The average Bonchev–Trinajstić information content (AvgIpc) is 2.74. The molecular weight excluding hydrogens is 421 g/mol. The molecule has 0 bridgehead atoms. The first-order valence-corrected chi connectivity index (χ1v) is 13.5. The van der Waals surface area contributed by atoms with Crippen LogP contribution in [-0.4, -0.2) is 49.9 Å². The number of hydrogen-bond acceptors (Lipinski definition) is 7. The van der Waals surface area contributed by atoms with Gasteiger partial charge >= 0.3 is 13.8 Å². The van der Waals surface area contributed by atoms with Gasteiger partial charge in [-0.15, -0.1) is 0 Å². The van der Waals surface area contributed by atoms with E-state index < -0.39 is 13.9 Å². The standard InChI is InChI=1S/C22H46NO7P/c1-3-5-7-9-10-12-14-17-27-19-21(20-29-31(25,26)28-18-16-23)30-22(24)15-13-11-8-6-4-2/h21H,3-20,23H2,1-2H3,(H,25,26). The van der Waals surface area contributed by atoms with Gasteiger partial charge in [-0.3, -0.25) is 13.8 Å². The van der Waals surface area contributed by atoms with Gasteiger partial charge in [0.2, 0.25) is 0 Å². The van der Waals surface area contributed by atoms with Crippen LogP contribution >= 0.6 is 7.82 Å². The molecule has 0 amide bonds. The second-order valence-corrected chi connectivity index (χ2v) is 9.31. The molecular formula is C22H46NO7P. The highest BCUT2D eigenvalue weighted by atomic mass is 31.2. The Balaban J connectivity index is 4.27. The molecule has 0 aliphatic heterocycles. The van der Waals surface area contributed by atoms with E-state index in [2.05, 4.69) is 13.8 Å². The summed E-state index contributed by atoms with van der Waals surface area (Å²) in [5.41, 5.74) is 5.27. The van der Waals surface area contributed by atoms with Gasteiger partial charge < -0.3 is 20.1 Å². The quantitative estimate of drug-likeness (QED) is 0.121. The van der Waals surface area contributed by atoms with Gasteiger partial charge in [-0.1, -0.05) is 78.1 Å². The highest BCUT2D eigenvalue weighted by molar-refractivity contribution is 7.47. The van der Waals surface area contributed by atoms with Crippen LogP contribution in [0, 0.1) is 0 Å². The first-order chi connectivity index (χ1) is 14.9. The fourth-order valence-electron chi connectivity index (χ4n) is 2.99. The number of unbranched alkanes of at least 4 members (excludes halogenated alkanes) is 10. The number of rotatable bonds is 23. The van der Waals surface area contributed by atoms with E-state index in [4.69, 9.17) is 24.3 Å². The van der Waals surface area contributed by atoms with Crippen molar-refractivity contribution in [2.75, 3.05) is 33.0 Å². The normalized spacial score (nSPS) is 14.3. The topological polar surface area (TPSA) is 117 Å². The lowest BCUT2D eigenvalue weighted by Gasteiger charge is -2.20. The monoisotopic (exact) mass is 467 g/mol. The third kappa shape index (κ3) is 21.1. The Bertz CT molecular complexity index is 465. The molecule has 8 nitrogen and oxygen atoms in total. The summed E-state index contributed by atoms with van der Waals surface area (Å²) in [7, 11) is -4.23. The van der Waals surface area contributed by atoms with E-state index in [-0.39, 0.29) is 32.3 Å². The SMILES string of the molecule is CCCCCCCCCOCC(COP(=O)(O)OCCN)OC(=O)CCCCCCC. The minimum atomic E-state index is -4.23. The molecule has 0 radical (unpaired) electrons. The molecule has 0 heterocycles. The van der Waals surface area contributed by atoms with E-state index in [1.165, 1.54) is 32.1 Å². The predicted octanol–water partition coefficient (Wildman–Crippen LogP) is 5.12. The first-order valence-electron chi connectivity index (χ1n) is 12.0. The van der Waals surface area contributed by atoms with Crippen LogP contribution in [-0.2, 0) is 27.9 Å². The van der Waals surface area contributed by atoms with Crippen molar-refractivity contribution in [2.24, 2.45) is 5.73 Å². The van der Waals surface area contributed by atoms with Gasteiger partial charge in [0.05, 0.1) is 19.8 Å². The highest BCUT2D eigenvalue weighted by Gasteiger charge is 2.25. The fraction of sp³-hybridized carbons (Fsp3) is 0.955. The summed E-state index contributed by atoms with van der Waals surface area (Å²) in [5.74, 6) is -0.347. The van der Waals surface area contributed by atoms with Crippen LogP contribution in [0.4, 0.5) is 0 Å². The van der Waals surface area contributed by atoms with Gasteiger partial charge in [0.15, 0.2) is 0 Å². The smallest absolute Gasteiger partial charge is 0.457 e. The summed E-state index contributed by atoms with van der Waals surface area (Å²) in [6.45, 7) is 4.76. The maximum atomic E-state index is 12.1. The lowest BCUT2D eigenvalue weighted by Crippen LogP contribution is -2.28. The maximum Gasteiger partial charge on any atom is 0.472 e. The summed E-state index contributed by atoms with van der Waals surface area (Å²) < 4.78 is 32.6. The predicted molar refractivity (Wildman–Crippen MR) is 123 cm³/mol. The van der Waals surface area contributed by atoms with Gasteiger partial charge in [0.25, 0.3) is 0 Å². The summed E-state index contributed by atoms with van der Waals surface area (Å²) in [4.78, 5) is 21.8. The number of phosphoric acid groups is 1. The average molecular weight is 468 g/mol. The lowest BCUT2D eigenvalue weighted by atomic mass is 10.1. The number of ether oxygens (including phenoxy) is 2. The third-order valence-electron chi connectivity index (χ3n) is 4.77. The zero-order valence-corrected chi connectivity index (χ0v) is 20.6. The fourth-order valence-corrected chi connectivity index (χ4v) is 3.76. The molecule has 0 aliphatic rings. The molecule has 0 saturated carbocycles. The lowest BCUT2D eigenvalue weighted by molar-refractivity contribution is -0.154. The molecule has 186 valence electrons.